The molecule has 2 fully saturated rings. The molecule has 2 aliphatic heterocycles. The third-order valence-electron chi connectivity index (χ3n) is 4.83. The standard InChI is InChI=1S/C16H22N4O4S.ClH/c21-14(3-1-12-5-6-17-11-12)18-7-9-19(10-8-18)16(22)13-2-4-15(25-13)20(23)24;/h2,4,12,17H,1,3,5-11H2;1H. The van der Waals surface area contributed by atoms with Crippen LogP contribution in [0.25, 0.3) is 0 Å². The molecule has 0 aliphatic carbocycles. The normalized spacial score (nSPS) is 19.9. The van der Waals surface area contributed by atoms with E-state index < -0.39 is 4.92 Å². The van der Waals surface area contributed by atoms with Crippen LogP contribution in [0.1, 0.15) is 28.9 Å². The first-order chi connectivity index (χ1) is 12.0. The first-order valence-corrected chi connectivity index (χ1v) is 9.38. The Balaban J connectivity index is 0.00000243. The van der Waals surface area contributed by atoms with Crippen LogP contribution in [0.15, 0.2) is 12.1 Å². The second-order valence-electron chi connectivity index (χ2n) is 6.47. The van der Waals surface area contributed by atoms with E-state index in [1.807, 2.05) is 4.90 Å². The molecule has 0 saturated carbocycles. The van der Waals surface area contributed by atoms with Gasteiger partial charge in [-0.1, -0.05) is 11.3 Å². The molecule has 2 amide bonds. The fourth-order valence-corrected chi connectivity index (χ4v) is 4.09. The molecule has 2 saturated heterocycles. The molecule has 26 heavy (non-hydrogen) atoms. The molecule has 144 valence electrons. The lowest BCUT2D eigenvalue weighted by atomic mass is 10.0. The molecule has 8 nitrogen and oxygen atoms in total. The lowest BCUT2D eigenvalue weighted by Crippen LogP contribution is -2.50. The molecule has 1 N–H and O–H groups in total. The Morgan fingerprint density at radius 1 is 1.23 bits per heavy atom. The zero-order valence-corrected chi connectivity index (χ0v) is 16.0. The highest BCUT2D eigenvalue weighted by Crippen LogP contribution is 2.25. The molecule has 0 spiro atoms. The Bertz CT molecular complexity index is 654. The van der Waals surface area contributed by atoms with Crippen LogP contribution < -0.4 is 5.32 Å². The van der Waals surface area contributed by atoms with Crippen molar-refractivity contribution in [1.29, 1.82) is 0 Å². The Hall–Kier alpha value is -1.71. The van der Waals surface area contributed by atoms with Crippen LogP contribution in [0.3, 0.4) is 0 Å². The predicted octanol–water partition coefficient (Wildman–Crippen LogP) is 1.75. The number of thiophene rings is 1. The smallest absolute Gasteiger partial charge is 0.324 e. The summed E-state index contributed by atoms with van der Waals surface area (Å²) < 4.78 is 0. The highest BCUT2D eigenvalue weighted by atomic mass is 35.5. The lowest BCUT2D eigenvalue weighted by Gasteiger charge is -2.34. The topological polar surface area (TPSA) is 95.8 Å². The number of rotatable bonds is 5. The molecule has 1 aromatic heterocycles. The highest BCUT2D eigenvalue weighted by molar-refractivity contribution is 7.17. The fraction of sp³-hybridized carbons (Fsp3) is 0.625. The predicted molar refractivity (Wildman–Crippen MR) is 101 cm³/mol. The number of piperazine rings is 1. The van der Waals surface area contributed by atoms with Gasteiger partial charge in [0.1, 0.15) is 0 Å². The molecule has 1 aromatic rings. The van der Waals surface area contributed by atoms with E-state index in [4.69, 9.17) is 0 Å². The summed E-state index contributed by atoms with van der Waals surface area (Å²) in [5, 5.41) is 14.0. The summed E-state index contributed by atoms with van der Waals surface area (Å²) in [4.78, 5) is 38.8. The van der Waals surface area contributed by atoms with Crippen molar-refractivity contribution in [2.45, 2.75) is 19.3 Å². The van der Waals surface area contributed by atoms with Crippen molar-refractivity contribution in [2.24, 2.45) is 5.92 Å². The monoisotopic (exact) mass is 402 g/mol. The minimum absolute atomic E-state index is 0. The van der Waals surface area contributed by atoms with E-state index in [1.54, 1.807) is 4.90 Å². The van der Waals surface area contributed by atoms with Crippen LogP contribution in [-0.2, 0) is 4.79 Å². The summed E-state index contributed by atoms with van der Waals surface area (Å²) in [5.74, 6) is 0.564. The molecule has 10 heteroatoms. The average Bonchev–Trinajstić information content (AvgIpc) is 3.30. The van der Waals surface area contributed by atoms with Gasteiger partial charge in [-0.15, -0.1) is 12.4 Å². The van der Waals surface area contributed by atoms with Crippen LogP contribution >= 0.6 is 23.7 Å². The number of nitrogens with one attached hydrogen (secondary N) is 1. The van der Waals surface area contributed by atoms with Gasteiger partial charge in [-0.3, -0.25) is 19.7 Å². The zero-order chi connectivity index (χ0) is 17.8. The number of carbonyl (C=O) groups excluding carboxylic acids is 2. The number of hydrogen-bond donors (Lipinski definition) is 1. The fourth-order valence-electron chi connectivity index (χ4n) is 3.30. The minimum atomic E-state index is -0.488. The van der Waals surface area contributed by atoms with Crippen molar-refractivity contribution >= 4 is 40.6 Å². The zero-order valence-electron chi connectivity index (χ0n) is 14.4. The van der Waals surface area contributed by atoms with E-state index in [2.05, 4.69) is 5.32 Å². The first-order valence-electron chi connectivity index (χ1n) is 8.56. The van der Waals surface area contributed by atoms with E-state index in [0.717, 1.165) is 37.3 Å². The largest absolute Gasteiger partial charge is 0.339 e. The summed E-state index contributed by atoms with van der Waals surface area (Å²) >= 11 is 0.895. The van der Waals surface area contributed by atoms with Crippen molar-refractivity contribution in [3.05, 3.63) is 27.1 Å². The van der Waals surface area contributed by atoms with Gasteiger partial charge in [0.25, 0.3) is 5.91 Å². The highest BCUT2D eigenvalue weighted by Gasteiger charge is 2.27. The minimum Gasteiger partial charge on any atom is -0.339 e. The second kappa shape index (κ2) is 9.29. The van der Waals surface area contributed by atoms with E-state index in [1.165, 1.54) is 12.1 Å². The Morgan fingerprint density at radius 2 is 1.92 bits per heavy atom. The third kappa shape index (κ3) is 4.93. The molecule has 0 radical (unpaired) electrons. The summed E-state index contributed by atoms with van der Waals surface area (Å²) in [6.07, 6.45) is 2.63. The average molecular weight is 403 g/mol. The van der Waals surface area contributed by atoms with Crippen LogP contribution in [0, 0.1) is 16.0 Å². The lowest BCUT2D eigenvalue weighted by molar-refractivity contribution is -0.380. The molecule has 3 rings (SSSR count). The molecule has 0 aromatic carbocycles. The quantitative estimate of drug-likeness (QED) is 0.598. The Labute approximate surface area is 162 Å². The van der Waals surface area contributed by atoms with Crippen molar-refractivity contribution < 1.29 is 14.5 Å². The van der Waals surface area contributed by atoms with Gasteiger partial charge < -0.3 is 15.1 Å². The van der Waals surface area contributed by atoms with Crippen molar-refractivity contribution in [3.8, 4) is 0 Å². The maximum Gasteiger partial charge on any atom is 0.324 e. The van der Waals surface area contributed by atoms with Gasteiger partial charge in [0, 0.05) is 38.7 Å². The van der Waals surface area contributed by atoms with E-state index in [0.29, 0.717) is 43.4 Å². The van der Waals surface area contributed by atoms with Gasteiger partial charge in [-0.2, -0.15) is 0 Å². The SMILES string of the molecule is Cl.O=C(CCC1CCNC1)N1CCN(C(=O)c2ccc([N+](=O)[O-])s2)CC1. The molecule has 2 aliphatic rings. The van der Waals surface area contributed by atoms with Crippen molar-refractivity contribution in [2.75, 3.05) is 39.3 Å². The Morgan fingerprint density at radius 3 is 2.50 bits per heavy atom. The maximum atomic E-state index is 12.4. The number of halogens is 1. The Kier molecular flexibility index (Phi) is 7.36. The van der Waals surface area contributed by atoms with E-state index in [9.17, 15) is 19.7 Å². The summed E-state index contributed by atoms with van der Waals surface area (Å²) in [6.45, 7) is 4.05. The van der Waals surface area contributed by atoms with Crippen LogP contribution in [-0.4, -0.2) is 65.8 Å². The van der Waals surface area contributed by atoms with Crippen LogP contribution in [0.4, 0.5) is 5.00 Å². The molecule has 1 atom stereocenters. The van der Waals surface area contributed by atoms with Gasteiger partial charge in [0.2, 0.25) is 5.91 Å². The van der Waals surface area contributed by atoms with Crippen LogP contribution in [0.5, 0.6) is 0 Å². The number of hydrogen-bond acceptors (Lipinski definition) is 6. The number of carbonyl (C=O) groups is 2. The molecule has 0 bridgehead atoms. The van der Waals surface area contributed by atoms with Gasteiger partial charge in [-0.05, 0) is 37.9 Å². The van der Waals surface area contributed by atoms with E-state index in [-0.39, 0.29) is 29.2 Å². The van der Waals surface area contributed by atoms with Gasteiger partial charge in [0.15, 0.2) is 0 Å². The van der Waals surface area contributed by atoms with E-state index >= 15 is 0 Å². The third-order valence-corrected chi connectivity index (χ3v) is 5.86. The molecular formula is C16H23ClN4O4S. The van der Waals surface area contributed by atoms with Crippen molar-refractivity contribution in [1.82, 2.24) is 15.1 Å². The maximum absolute atomic E-state index is 12.4. The van der Waals surface area contributed by atoms with Gasteiger partial charge in [0.05, 0.1) is 9.80 Å². The van der Waals surface area contributed by atoms with Gasteiger partial charge in [-0.25, -0.2) is 0 Å². The molecular weight excluding hydrogens is 380 g/mol. The second-order valence-corrected chi connectivity index (χ2v) is 7.53. The molecule has 1 unspecified atom stereocenters. The van der Waals surface area contributed by atoms with Gasteiger partial charge >= 0.3 is 5.00 Å². The van der Waals surface area contributed by atoms with Crippen molar-refractivity contribution in [3.63, 3.8) is 0 Å². The molecule has 3 heterocycles. The number of nitrogens with zero attached hydrogens (tertiary/aromatic N) is 3. The number of nitro groups is 1. The summed E-state index contributed by atoms with van der Waals surface area (Å²) in [5.41, 5.74) is 0. The number of amides is 2. The summed E-state index contributed by atoms with van der Waals surface area (Å²) in [6, 6.07) is 2.86. The summed E-state index contributed by atoms with van der Waals surface area (Å²) in [7, 11) is 0. The van der Waals surface area contributed by atoms with Crippen LogP contribution in [0.2, 0.25) is 0 Å². The first kappa shape index (κ1) is 20.6.